The highest BCUT2D eigenvalue weighted by Crippen LogP contribution is 2.16. The number of ether oxygens (including phenoxy) is 2. The van der Waals surface area contributed by atoms with Crippen molar-refractivity contribution in [2.45, 2.75) is 225 Å². The first-order chi connectivity index (χ1) is 21.6. The average Bonchev–Trinajstić information content (AvgIpc) is 3.02. The molecule has 0 saturated carbocycles. The number of carbonyl (C=O) groups is 2. The maximum atomic E-state index is 12.1. The zero-order chi connectivity index (χ0) is 32.2. The molecule has 262 valence electrons. The Balaban J connectivity index is 3.46. The number of carbonyl (C=O) groups excluding carboxylic acids is 2. The van der Waals surface area contributed by atoms with Gasteiger partial charge in [0, 0.05) is 12.8 Å². The van der Waals surface area contributed by atoms with E-state index in [-0.39, 0.29) is 25.2 Å². The lowest BCUT2D eigenvalue weighted by molar-refractivity contribution is -0.161. The third-order valence-electron chi connectivity index (χ3n) is 8.90. The van der Waals surface area contributed by atoms with Crippen LogP contribution in [0.25, 0.3) is 0 Å². The fourth-order valence-corrected chi connectivity index (χ4v) is 5.91. The van der Waals surface area contributed by atoms with Crippen molar-refractivity contribution in [3.63, 3.8) is 0 Å². The summed E-state index contributed by atoms with van der Waals surface area (Å²) in [5.74, 6) is -0.578. The lowest BCUT2D eigenvalue weighted by Gasteiger charge is -2.15. The summed E-state index contributed by atoms with van der Waals surface area (Å²) in [5.41, 5.74) is 0. The van der Waals surface area contributed by atoms with Gasteiger partial charge >= 0.3 is 11.9 Å². The van der Waals surface area contributed by atoms with Crippen LogP contribution in [-0.2, 0) is 19.1 Å². The zero-order valence-corrected chi connectivity index (χ0v) is 29.7. The van der Waals surface area contributed by atoms with E-state index in [4.69, 9.17) is 9.47 Å². The number of unbranched alkanes of at least 4 members (excludes halogenated alkanes) is 28. The molecule has 0 heterocycles. The van der Waals surface area contributed by atoms with E-state index < -0.39 is 6.10 Å². The Bertz CT molecular complexity index is 593. The average molecular weight is 625 g/mol. The molecule has 0 bridgehead atoms. The van der Waals surface area contributed by atoms with Gasteiger partial charge in [0.25, 0.3) is 0 Å². The second-order valence-electron chi connectivity index (χ2n) is 13.4. The van der Waals surface area contributed by atoms with Gasteiger partial charge in [-0.15, -0.1) is 0 Å². The Kier molecular flexibility index (Phi) is 35.5. The van der Waals surface area contributed by atoms with Crippen LogP contribution >= 0.6 is 0 Å². The molecule has 1 atom stereocenters. The molecule has 0 rings (SSSR count). The molecule has 1 N–H and O–H groups in total. The van der Waals surface area contributed by atoms with Gasteiger partial charge in [-0.2, -0.15) is 0 Å². The summed E-state index contributed by atoms with van der Waals surface area (Å²) < 4.78 is 10.6. The largest absolute Gasteiger partial charge is 0.462 e. The second-order valence-corrected chi connectivity index (χ2v) is 13.4. The van der Waals surface area contributed by atoms with Gasteiger partial charge in [0.1, 0.15) is 6.61 Å². The molecule has 5 heteroatoms. The Morgan fingerprint density at radius 1 is 0.432 bits per heavy atom. The molecule has 0 aromatic heterocycles. The van der Waals surface area contributed by atoms with Crippen LogP contribution in [0.4, 0.5) is 0 Å². The van der Waals surface area contributed by atoms with Crippen molar-refractivity contribution in [2.24, 2.45) is 0 Å². The molecule has 44 heavy (non-hydrogen) atoms. The van der Waals surface area contributed by atoms with Gasteiger partial charge in [0.15, 0.2) is 6.10 Å². The van der Waals surface area contributed by atoms with Gasteiger partial charge in [-0.1, -0.05) is 194 Å². The summed E-state index contributed by atoms with van der Waals surface area (Å²) in [7, 11) is 0. The molecule has 0 aromatic carbocycles. The Labute approximate surface area is 274 Å². The van der Waals surface area contributed by atoms with E-state index in [2.05, 4.69) is 13.8 Å². The first kappa shape index (κ1) is 42.9. The van der Waals surface area contributed by atoms with E-state index in [1.807, 2.05) is 0 Å². The van der Waals surface area contributed by atoms with Crippen molar-refractivity contribution < 1.29 is 24.2 Å². The van der Waals surface area contributed by atoms with E-state index in [0.717, 1.165) is 38.5 Å². The van der Waals surface area contributed by atoms with Crippen LogP contribution in [0, 0.1) is 0 Å². The minimum Gasteiger partial charge on any atom is -0.462 e. The molecule has 0 amide bonds. The van der Waals surface area contributed by atoms with Crippen LogP contribution in [0.1, 0.15) is 219 Å². The van der Waals surface area contributed by atoms with Crippen molar-refractivity contribution in [1.82, 2.24) is 0 Å². The summed E-state index contributed by atoms with van der Waals surface area (Å²) >= 11 is 0. The minimum atomic E-state index is -0.760. The van der Waals surface area contributed by atoms with Crippen LogP contribution in [0.15, 0.2) is 0 Å². The summed E-state index contributed by atoms with van der Waals surface area (Å²) in [6, 6.07) is 0. The number of esters is 2. The molecule has 0 fully saturated rings. The molecule has 0 aliphatic heterocycles. The maximum Gasteiger partial charge on any atom is 0.306 e. The quantitative estimate of drug-likeness (QED) is 0.0554. The zero-order valence-electron chi connectivity index (χ0n) is 29.7. The first-order valence-corrected chi connectivity index (χ1v) is 19.6. The van der Waals surface area contributed by atoms with Gasteiger partial charge in [0.05, 0.1) is 6.61 Å². The summed E-state index contributed by atoms with van der Waals surface area (Å²) in [6.07, 6.45) is 38.8. The molecular formula is C39H76O5. The van der Waals surface area contributed by atoms with Crippen LogP contribution in [0.5, 0.6) is 0 Å². The van der Waals surface area contributed by atoms with Crippen molar-refractivity contribution in [2.75, 3.05) is 13.2 Å². The summed E-state index contributed by atoms with van der Waals surface area (Å²) in [4.78, 5) is 24.2. The van der Waals surface area contributed by atoms with Crippen molar-refractivity contribution in [1.29, 1.82) is 0 Å². The van der Waals surface area contributed by atoms with Gasteiger partial charge in [-0.3, -0.25) is 9.59 Å². The Morgan fingerprint density at radius 3 is 1.00 bits per heavy atom. The monoisotopic (exact) mass is 625 g/mol. The number of rotatable bonds is 36. The predicted molar refractivity (Wildman–Crippen MR) is 187 cm³/mol. The van der Waals surface area contributed by atoms with Crippen molar-refractivity contribution in [3.8, 4) is 0 Å². The number of aliphatic hydroxyl groups is 1. The highest BCUT2D eigenvalue weighted by molar-refractivity contribution is 5.70. The second kappa shape index (κ2) is 36.4. The number of aliphatic hydroxyl groups excluding tert-OH is 1. The molecule has 0 aliphatic rings. The van der Waals surface area contributed by atoms with E-state index in [0.29, 0.717) is 12.8 Å². The minimum absolute atomic E-state index is 0.0575. The van der Waals surface area contributed by atoms with Crippen LogP contribution in [-0.4, -0.2) is 36.4 Å². The standard InChI is InChI=1S/C39H76O5/c1-3-5-7-9-11-13-15-16-17-18-19-20-21-22-23-24-26-28-30-32-34-39(42)44-37(35-40)36-43-38(41)33-31-29-27-25-14-12-10-8-6-4-2/h37,40H,3-36H2,1-2H3. The molecule has 0 aliphatic carbocycles. The fourth-order valence-electron chi connectivity index (χ4n) is 5.91. The van der Waals surface area contributed by atoms with E-state index >= 15 is 0 Å². The molecule has 0 saturated heterocycles. The molecule has 0 spiro atoms. The highest BCUT2D eigenvalue weighted by atomic mass is 16.6. The van der Waals surface area contributed by atoms with Crippen LogP contribution in [0.3, 0.4) is 0 Å². The lowest BCUT2D eigenvalue weighted by atomic mass is 10.0. The Hall–Kier alpha value is -1.10. The van der Waals surface area contributed by atoms with E-state index in [1.54, 1.807) is 0 Å². The van der Waals surface area contributed by atoms with E-state index in [1.165, 1.54) is 154 Å². The molecule has 0 aromatic rings. The third kappa shape index (κ3) is 33.8. The number of hydrogen-bond donors (Lipinski definition) is 1. The van der Waals surface area contributed by atoms with Gasteiger partial charge in [-0.05, 0) is 12.8 Å². The van der Waals surface area contributed by atoms with E-state index in [9.17, 15) is 14.7 Å². The fraction of sp³-hybridized carbons (Fsp3) is 0.949. The van der Waals surface area contributed by atoms with Gasteiger partial charge in [-0.25, -0.2) is 0 Å². The highest BCUT2D eigenvalue weighted by Gasteiger charge is 2.16. The van der Waals surface area contributed by atoms with Crippen LogP contribution < -0.4 is 0 Å². The van der Waals surface area contributed by atoms with Crippen molar-refractivity contribution >= 4 is 11.9 Å². The predicted octanol–water partition coefficient (Wildman–Crippen LogP) is 12.0. The summed E-state index contributed by atoms with van der Waals surface area (Å²) in [5, 5.41) is 9.52. The third-order valence-corrected chi connectivity index (χ3v) is 8.90. The smallest absolute Gasteiger partial charge is 0.306 e. The number of hydrogen-bond acceptors (Lipinski definition) is 5. The SMILES string of the molecule is CCCCCCCCCCCCCCCCCCCCCCC(=O)OC(CO)COC(=O)CCCCCCCCCCCC. The van der Waals surface area contributed by atoms with Crippen molar-refractivity contribution in [3.05, 3.63) is 0 Å². The molecular weight excluding hydrogens is 548 g/mol. The Morgan fingerprint density at radius 2 is 0.705 bits per heavy atom. The summed E-state index contributed by atoms with van der Waals surface area (Å²) in [6.45, 7) is 4.15. The topological polar surface area (TPSA) is 72.8 Å². The van der Waals surface area contributed by atoms with Gasteiger partial charge in [0.2, 0.25) is 0 Å². The molecule has 5 nitrogen and oxygen atoms in total. The first-order valence-electron chi connectivity index (χ1n) is 19.6. The van der Waals surface area contributed by atoms with Gasteiger partial charge < -0.3 is 14.6 Å². The maximum absolute atomic E-state index is 12.1. The molecule has 1 unspecified atom stereocenters. The normalized spacial score (nSPS) is 12.0. The lowest BCUT2D eigenvalue weighted by Crippen LogP contribution is -2.28. The molecule has 0 radical (unpaired) electrons. The van der Waals surface area contributed by atoms with Crippen LogP contribution in [0.2, 0.25) is 0 Å².